The molecule has 33 heavy (non-hydrogen) atoms. The molecule has 0 aliphatic rings. The van der Waals surface area contributed by atoms with Crippen LogP contribution >= 0.6 is 0 Å². The molecule has 0 spiro atoms. The minimum Gasteiger partial charge on any atom is -0.497 e. The third kappa shape index (κ3) is 4.93. The molecule has 0 aliphatic carbocycles. The Balaban J connectivity index is 1.28. The van der Waals surface area contributed by atoms with Gasteiger partial charge in [-0.15, -0.1) is 0 Å². The fourth-order valence-electron chi connectivity index (χ4n) is 3.42. The maximum Gasteiger partial charge on any atom is 0.227 e. The highest BCUT2D eigenvalue weighted by Crippen LogP contribution is 2.29. The molecule has 0 bridgehead atoms. The van der Waals surface area contributed by atoms with Crippen molar-refractivity contribution in [2.75, 3.05) is 7.11 Å². The van der Waals surface area contributed by atoms with Crippen LogP contribution in [0.15, 0.2) is 106 Å². The average Bonchev–Trinajstić information content (AvgIpc) is 3.31. The molecule has 5 heteroatoms. The van der Waals surface area contributed by atoms with Crippen molar-refractivity contribution in [3.63, 3.8) is 0 Å². The number of fused-ring (bicyclic) bond motifs is 1. The molecule has 1 heterocycles. The SMILES string of the molecule is COc1cccc(-c2nc3cc(N=Cc4ccc(OCc5ccccc5)cc4)ccc3o2)c1. The topological polar surface area (TPSA) is 56.9 Å². The third-order valence-electron chi connectivity index (χ3n) is 5.18. The molecule has 0 atom stereocenters. The van der Waals surface area contributed by atoms with Crippen LogP contribution in [0.5, 0.6) is 11.5 Å². The molecule has 4 aromatic carbocycles. The predicted molar refractivity (Wildman–Crippen MR) is 130 cm³/mol. The number of hydrogen-bond acceptors (Lipinski definition) is 5. The third-order valence-corrected chi connectivity index (χ3v) is 5.18. The number of nitrogens with zero attached hydrogens (tertiary/aromatic N) is 2. The van der Waals surface area contributed by atoms with E-state index in [4.69, 9.17) is 13.9 Å². The zero-order valence-corrected chi connectivity index (χ0v) is 18.1. The van der Waals surface area contributed by atoms with E-state index in [1.165, 1.54) is 0 Å². The van der Waals surface area contributed by atoms with Gasteiger partial charge in [-0.1, -0.05) is 36.4 Å². The molecular weight excluding hydrogens is 412 g/mol. The lowest BCUT2D eigenvalue weighted by Gasteiger charge is -2.06. The van der Waals surface area contributed by atoms with Crippen LogP contribution in [0.3, 0.4) is 0 Å². The molecule has 0 N–H and O–H groups in total. The van der Waals surface area contributed by atoms with Crippen molar-refractivity contribution in [3.05, 3.63) is 108 Å². The number of rotatable bonds is 7. The summed E-state index contributed by atoms with van der Waals surface area (Å²) in [5.74, 6) is 2.14. The van der Waals surface area contributed by atoms with Crippen LogP contribution in [0.1, 0.15) is 11.1 Å². The van der Waals surface area contributed by atoms with Crippen molar-refractivity contribution < 1.29 is 13.9 Å². The Labute approximate surface area is 192 Å². The molecule has 0 aliphatic heterocycles. The molecule has 162 valence electrons. The summed E-state index contributed by atoms with van der Waals surface area (Å²) in [6.45, 7) is 0.545. The van der Waals surface area contributed by atoms with Crippen molar-refractivity contribution in [2.45, 2.75) is 6.61 Å². The molecule has 5 nitrogen and oxygen atoms in total. The van der Waals surface area contributed by atoms with Crippen LogP contribution in [0.4, 0.5) is 5.69 Å². The molecule has 0 radical (unpaired) electrons. The summed E-state index contributed by atoms with van der Waals surface area (Å²) in [5.41, 5.74) is 5.27. The Bertz CT molecular complexity index is 1390. The van der Waals surface area contributed by atoms with Gasteiger partial charge in [-0.25, -0.2) is 4.98 Å². The van der Waals surface area contributed by atoms with Gasteiger partial charge in [0.1, 0.15) is 23.6 Å². The molecule has 0 fully saturated rings. The second kappa shape index (κ2) is 9.40. The van der Waals surface area contributed by atoms with E-state index in [2.05, 4.69) is 9.98 Å². The van der Waals surface area contributed by atoms with E-state index in [9.17, 15) is 0 Å². The molecule has 0 unspecified atom stereocenters. The highest BCUT2D eigenvalue weighted by atomic mass is 16.5. The number of hydrogen-bond donors (Lipinski definition) is 0. The summed E-state index contributed by atoms with van der Waals surface area (Å²) in [7, 11) is 1.64. The van der Waals surface area contributed by atoms with Gasteiger partial charge in [-0.05, 0) is 71.8 Å². The number of oxazole rings is 1. The zero-order chi connectivity index (χ0) is 22.5. The number of aromatic nitrogens is 1. The Hall–Kier alpha value is -4.38. The Morgan fingerprint density at radius 1 is 0.848 bits per heavy atom. The second-order valence-corrected chi connectivity index (χ2v) is 7.50. The van der Waals surface area contributed by atoms with Crippen LogP contribution in [0.25, 0.3) is 22.6 Å². The molecule has 0 saturated carbocycles. The van der Waals surface area contributed by atoms with E-state index in [1.54, 1.807) is 7.11 Å². The van der Waals surface area contributed by atoms with E-state index in [0.717, 1.165) is 39.4 Å². The first-order valence-corrected chi connectivity index (χ1v) is 10.6. The Morgan fingerprint density at radius 2 is 1.70 bits per heavy atom. The molecule has 0 saturated heterocycles. The first kappa shape index (κ1) is 20.5. The lowest BCUT2D eigenvalue weighted by molar-refractivity contribution is 0.306. The van der Waals surface area contributed by atoms with Gasteiger partial charge in [0.25, 0.3) is 0 Å². The number of aliphatic imine (C=N–C) groups is 1. The van der Waals surface area contributed by atoms with Crippen LogP contribution in [0, 0.1) is 0 Å². The maximum atomic E-state index is 5.91. The van der Waals surface area contributed by atoms with Gasteiger partial charge in [0.05, 0.1) is 12.8 Å². The number of benzene rings is 4. The summed E-state index contributed by atoms with van der Waals surface area (Å²) in [4.78, 5) is 9.21. The first-order chi connectivity index (χ1) is 16.3. The van der Waals surface area contributed by atoms with Gasteiger partial charge in [0.2, 0.25) is 5.89 Å². The van der Waals surface area contributed by atoms with E-state index in [-0.39, 0.29) is 0 Å². The van der Waals surface area contributed by atoms with Gasteiger partial charge in [-0.2, -0.15) is 0 Å². The summed E-state index contributed by atoms with van der Waals surface area (Å²) in [6.07, 6.45) is 1.82. The van der Waals surface area contributed by atoms with Crippen molar-refractivity contribution in [2.24, 2.45) is 4.99 Å². The lowest BCUT2D eigenvalue weighted by Crippen LogP contribution is -1.94. The largest absolute Gasteiger partial charge is 0.497 e. The fraction of sp³-hybridized carbons (Fsp3) is 0.0714. The highest BCUT2D eigenvalue weighted by molar-refractivity contribution is 5.85. The minimum absolute atomic E-state index is 0.545. The molecule has 1 aromatic heterocycles. The molecule has 0 amide bonds. The fourth-order valence-corrected chi connectivity index (χ4v) is 3.42. The van der Waals surface area contributed by atoms with Gasteiger partial charge >= 0.3 is 0 Å². The van der Waals surface area contributed by atoms with Crippen molar-refractivity contribution in [3.8, 4) is 23.0 Å². The summed E-state index contributed by atoms with van der Waals surface area (Å²) >= 11 is 0. The van der Waals surface area contributed by atoms with E-state index >= 15 is 0 Å². The van der Waals surface area contributed by atoms with Crippen molar-refractivity contribution in [1.82, 2.24) is 4.98 Å². The zero-order valence-electron chi connectivity index (χ0n) is 18.1. The van der Waals surface area contributed by atoms with Crippen molar-refractivity contribution in [1.29, 1.82) is 0 Å². The standard InChI is InChI=1S/C28H22N2O3/c1-31-25-9-5-8-22(16-25)28-30-26-17-23(12-15-27(26)33-28)29-18-20-10-13-24(14-11-20)32-19-21-6-3-2-4-7-21/h2-18H,19H2,1H3. The second-order valence-electron chi connectivity index (χ2n) is 7.50. The Morgan fingerprint density at radius 3 is 2.52 bits per heavy atom. The smallest absolute Gasteiger partial charge is 0.227 e. The van der Waals surface area contributed by atoms with Crippen molar-refractivity contribution >= 4 is 23.0 Å². The average molecular weight is 434 g/mol. The summed E-state index contributed by atoms with van der Waals surface area (Å²) in [5, 5.41) is 0. The Kier molecular flexibility index (Phi) is 5.85. The van der Waals surface area contributed by atoms with Gasteiger partial charge in [0, 0.05) is 11.8 Å². The van der Waals surface area contributed by atoms with Crippen LogP contribution in [-0.2, 0) is 6.61 Å². The number of ether oxygens (including phenoxy) is 2. The summed E-state index contributed by atoms with van der Waals surface area (Å²) < 4.78 is 17.0. The predicted octanol–water partition coefficient (Wildman–Crippen LogP) is 6.83. The molecule has 5 rings (SSSR count). The van der Waals surface area contributed by atoms with E-state index < -0.39 is 0 Å². The first-order valence-electron chi connectivity index (χ1n) is 10.6. The normalized spacial score (nSPS) is 11.2. The van der Waals surface area contributed by atoms with Crippen LogP contribution in [-0.4, -0.2) is 18.3 Å². The van der Waals surface area contributed by atoms with Gasteiger partial charge in [-0.3, -0.25) is 4.99 Å². The van der Waals surface area contributed by atoms with E-state index in [0.29, 0.717) is 18.1 Å². The summed E-state index contributed by atoms with van der Waals surface area (Å²) in [6, 6.07) is 31.3. The molecule has 5 aromatic rings. The monoisotopic (exact) mass is 434 g/mol. The number of methoxy groups -OCH3 is 1. The van der Waals surface area contributed by atoms with Crippen LogP contribution < -0.4 is 9.47 Å². The quantitative estimate of drug-likeness (QED) is 0.263. The maximum absolute atomic E-state index is 5.91. The highest BCUT2D eigenvalue weighted by Gasteiger charge is 2.09. The van der Waals surface area contributed by atoms with Gasteiger partial charge < -0.3 is 13.9 Å². The lowest BCUT2D eigenvalue weighted by atomic mass is 10.2. The van der Waals surface area contributed by atoms with Gasteiger partial charge in [0.15, 0.2) is 5.58 Å². The molecular formula is C28H22N2O3. The van der Waals surface area contributed by atoms with E-state index in [1.807, 2.05) is 103 Å². The van der Waals surface area contributed by atoms with Crippen LogP contribution in [0.2, 0.25) is 0 Å². The minimum atomic E-state index is 0.545.